The van der Waals surface area contributed by atoms with Crippen molar-refractivity contribution in [2.24, 2.45) is 0 Å². The summed E-state index contributed by atoms with van der Waals surface area (Å²) in [5, 5.41) is 3.16. The second kappa shape index (κ2) is 5.34. The molecule has 6 heteroatoms. The second-order valence-corrected chi connectivity index (χ2v) is 5.47. The summed E-state index contributed by atoms with van der Waals surface area (Å²) in [7, 11) is 0. The topological polar surface area (TPSA) is 47.6 Å². The number of carbonyl (C=O) groups excluding carboxylic acids is 1. The lowest BCUT2D eigenvalue weighted by atomic mass is 10.2. The number of hydrogen-bond acceptors (Lipinski definition) is 3. The lowest BCUT2D eigenvalue weighted by molar-refractivity contribution is 0.102. The monoisotopic (exact) mass is 353 g/mol. The van der Waals surface area contributed by atoms with Crippen LogP contribution in [0.4, 0.5) is 5.69 Å². The summed E-state index contributed by atoms with van der Waals surface area (Å²) in [6.45, 7) is 0.162. The molecule has 0 radical (unpaired) electrons. The van der Waals surface area contributed by atoms with Crippen molar-refractivity contribution in [3.05, 3.63) is 51.5 Å². The normalized spacial score (nSPS) is 12.3. The zero-order chi connectivity index (χ0) is 14.1. The van der Waals surface area contributed by atoms with Crippen LogP contribution in [0.15, 0.2) is 40.9 Å². The fourth-order valence-corrected chi connectivity index (χ4v) is 2.27. The average molecular weight is 355 g/mol. The predicted octanol–water partition coefficient (Wildman–Crippen LogP) is 4.08. The van der Waals surface area contributed by atoms with Gasteiger partial charge in [-0.25, -0.2) is 0 Å². The molecule has 1 aliphatic rings. The molecule has 2 aromatic carbocycles. The van der Waals surface area contributed by atoms with Crippen molar-refractivity contribution in [1.29, 1.82) is 0 Å². The van der Waals surface area contributed by atoms with Gasteiger partial charge in [0.25, 0.3) is 5.91 Å². The highest BCUT2D eigenvalue weighted by molar-refractivity contribution is 9.10. The van der Waals surface area contributed by atoms with Gasteiger partial charge >= 0.3 is 0 Å². The third kappa shape index (κ3) is 2.59. The van der Waals surface area contributed by atoms with E-state index in [1.165, 1.54) is 0 Å². The van der Waals surface area contributed by atoms with Gasteiger partial charge in [-0.1, -0.05) is 27.5 Å². The maximum atomic E-state index is 12.1. The van der Waals surface area contributed by atoms with Gasteiger partial charge < -0.3 is 14.8 Å². The molecule has 1 amide bonds. The minimum atomic E-state index is -0.238. The Morgan fingerprint density at radius 3 is 2.50 bits per heavy atom. The van der Waals surface area contributed by atoms with E-state index < -0.39 is 0 Å². The molecule has 0 bridgehead atoms. The number of halogens is 2. The lowest BCUT2D eigenvalue weighted by Crippen LogP contribution is -2.12. The van der Waals surface area contributed by atoms with E-state index in [1.54, 1.807) is 36.4 Å². The average Bonchev–Trinajstić information content (AvgIpc) is 2.87. The first-order valence-electron chi connectivity index (χ1n) is 5.79. The summed E-state index contributed by atoms with van der Waals surface area (Å²) < 4.78 is 11.4. The number of anilines is 1. The lowest BCUT2D eigenvalue weighted by Gasteiger charge is -2.08. The van der Waals surface area contributed by atoms with Crippen molar-refractivity contribution >= 4 is 39.1 Å². The minimum absolute atomic E-state index is 0.162. The Balaban J connectivity index is 1.84. The van der Waals surface area contributed by atoms with Crippen LogP contribution in [0.25, 0.3) is 0 Å². The van der Waals surface area contributed by atoms with Crippen LogP contribution < -0.4 is 14.8 Å². The number of amides is 1. The number of ether oxygens (including phenoxy) is 2. The fourth-order valence-electron chi connectivity index (χ4n) is 1.81. The Labute approximate surface area is 128 Å². The van der Waals surface area contributed by atoms with Crippen molar-refractivity contribution in [2.45, 2.75) is 0 Å². The SMILES string of the molecule is O=C(Nc1cc2c(cc1Cl)OCO2)c1ccc(Br)cc1. The van der Waals surface area contributed by atoms with E-state index in [9.17, 15) is 4.79 Å². The van der Waals surface area contributed by atoms with Crippen LogP contribution in [-0.4, -0.2) is 12.7 Å². The van der Waals surface area contributed by atoms with Crippen molar-refractivity contribution in [3.8, 4) is 11.5 Å². The number of fused-ring (bicyclic) bond motifs is 1. The smallest absolute Gasteiger partial charge is 0.255 e. The zero-order valence-corrected chi connectivity index (χ0v) is 12.5. The number of nitrogens with one attached hydrogen (secondary N) is 1. The van der Waals surface area contributed by atoms with Crippen molar-refractivity contribution in [2.75, 3.05) is 12.1 Å². The highest BCUT2D eigenvalue weighted by Crippen LogP contribution is 2.39. The van der Waals surface area contributed by atoms with Crippen molar-refractivity contribution < 1.29 is 14.3 Å². The summed E-state index contributed by atoms with van der Waals surface area (Å²) in [4.78, 5) is 12.1. The Kier molecular flexibility index (Phi) is 3.54. The van der Waals surface area contributed by atoms with E-state index >= 15 is 0 Å². The van der Waals surface area contributed by atoms with Gasteiger partial charge in [-0.3, -0.25) is 4.79 Å². The molecule has 0 spiro atoms. The van der Waals surface area contributed by atoms with Crippen LogP contribution in [-0.2, 0) is 0 Å². The standard InChI is InChI=1S/C14H9BrClNO3/c15-9-3-1-8(2-4-9)14(18)17-11-6-13-12(5-10(11)16)19-7-20-13/h1-6H,7H2,(H,17,18). The molecule has 0 fully saturated rings. The first-order chi connectivity index (χ1) is 9.63. The van der Waals surface area contributed by atoms with Gasteiger partial charge in [0.1, 0.15) is 0 Å². The van der Waals surface area contributed by atoms with Gasteiger partial charge in [-0.05, 0) is 24.3 Å². The van der Waals surface area contributed by atoms with Crippen LogP contribution in [0, 0.1) is 0 Å². The molecule has 1 N–H and O–H groups in total. The Bertz CT molecular complexity index is 673. The maximum Gasteiger partial charge on any atom is 0.255 e. The van der Waals surface area contributed by atoms with Gasteiger partial charge in [0, 0.05) is 22.2 Å². The Morgan fingerprint density at radius 2 is 1.80 bits per heavy atom. The molecule has 1 heterocycles. The molecule has 2 aromatic rings. The number of carbonyl (C=O) groups is 1. The first kappa shape index (κ1) is 13.3. The van der Waals surface area contributed by atoms with Crippen molar-refractivity contribution in [3.63, 3.8) is 0 Å². The van der Waals surface area contributed by atoms with E-state index in [0.717, 1.165) is 4.47 Å². The molecule has 20 heavy (non-hydrogen) atoms. The van der Waals surface area contributed by atoms with Crippen LogP contribution in [0.5, 0.6) is 11.5 Å². The van der Waals surface area contributed by atoms with Crippen molar-refractivity contribution in [1.82, 2.24) is 0 Å². The van der Waals surface area contributed by atoms with Gasteiger partial charge in [0.2, 0.25) is 6.79 Å². The summed E-state index contributed by atoms with van der Waals surface area (Å²) in [6.07, 6.45) is 0. The minimum Gasteiger partial charge on any atom is -0.454 e. The number of rotatable bonds is 2. The summed E-state index contributed by atoms with van der Waals surface area (Å²) in [5.41, 5.74) is 1.03. The van der Waals surface area contributed by atoms with Crippen LogP contribution in [0.3, 0.4) is 0 Å². The summed E-state index contributed by atoms with van der Waals surface area (Å²) >= 11 is 9.43. The predicted molar refractivity (Wildman–Crippen MR) is 79.7 cm³/mol. The zero-order valence-electron chi connectivity index (χ0n) is 10.2. The largest absolute Gasteiger partial charge is 0.454 e. The fraction of sp³-hybridized carbons (Fsp3) is 0.0714. The molecule has 1 aliphatic heterocycles. The molecule has 0 saturated heterocycles. The Hall–Kier alpha value is -1.72. The van der Waals surface area contributed by atoms with Crippen LogP contribution in [0.1, 0.15) is 10.4 Å². The summed E-state index contributed by atoms with van der Waals surface area (Å²) in [5.74, 6) is 0.912. The third-order valence-corrected chi connectivity index (χ3v) is 3.66. The van der Waals surface area contributed by atoms with Gasteiger partial charge in [0.15, 0.2) is 11.5 Å². The number of benzene rings is 2. The quantitative estimate of drug-likeness (QED) is 0.884. The van der Waals surface area contributed by atoms with E-state index in [4.69, 9.17) is 21.1 Å². The molecule has 4 nitrogen and oxygen atoms in total. The highest BCUT2D eigenvalue weighted by Gasteiger charge is 2.18. The second-order valence-electron chi connectivity index (χ2n) is 4.15. The van der Waals surface area contributed by atoms with Gasteiger partial charge in [0.05, 0.1) is 10.7 Å². The van der Waals surface area contributed by atoms with Crippen LogP contribution >= 0.6 is 27.5 Å². The highest BCUT2D eigenvalue weighted by atomic mass is 79.9. The van der Waals surface area contributed by atoms with E-state index in [2.05, 4.69) is 21.2 Å². The molecular weight excluding hydrogens is 346 g/mol. The van der Waals surface area contributed by atoms with E-state index in [-0.39, 0.29) is 12.7 Å². The third-order valence-electron chi connectivity index (χ3n) is 2.82. The molecule has 0 aliphatic carbocycles. The Morgan fingerprint density at radius 1 is 1.15 bits per heavy atom. The molecule has 0 unspecified atom stereocenters. The molecule has 102 valence electrons. The van der Waals surface area contributed by atoms with E-state index in [1.807, 2.05) is 0 Å². The molecule has 0 saturated carbocycles. The first-order valence-corrected chi connectivity index (χ1v) is 6.96. The van der Waals surface area contributed by atoms with E-state index in [0.29, 0.717) is 27.8 Å². The van der Waals surface area contributed by atoms with Gasteiger partial charge in [-0.15, -0.1) is 0 Å². The molecule has 3 rings (SSSR count). The van der Waals surface area contributed by atoms with Gasteiger partial charge in [-0.2, -0.15) is 0 Å². The number of hydrogen-bond donors (Lipinski definition) is 1. The summed E-state index contributed by atoms with van der Waals surface area (Å²) in [6, 6.07) is 10.3. The molecule has 0 atom stereocenters. The van der Waals surface area contributed by atoms with Crippen LogP contribution in [0.2, 0.25) is 5.02 Å². The molecular formula is C14H9BrClNO3. The maximum absolute atomic E-state index is 12.1. The molecule has 0 aromatic heterocycles.